The number of hydrogen-bond donors (Lipinski definition) is 2. The van der Waals surface area contributed by atoms with Crippen molar-refractivity contribution >= 4 is 37.3 Å². The van der Waals surface area contributed by atoms with Gasteiger partial charge in [0.25, 0.3) is 0 Å². The molecule has 1 aromatic rings. The Labute approximate surface area is 136 Å². The first-order valence-corrected chi connectivity index (χ1v) is 9.43. The van der Waals surface area contributed by atoms with E-state index in [1.165, 1.54) is 6.07 Å². The maximum absolute atomic E-state index is 11.6. The van der Waals surface area contributed by atoms with Crippen molar-refractivity contribution in [2.24, 2.45) is 0 Å². The molecular weight excluding hydrogens is 324 g/mol. The highest BCUT2D eigenvalue weighted by Crippen LogP contribution is 2.24. The summed E-state index contributed by atoms with van der Waals surface area (Å²) >= 11 is 4.58. The number of ether oxygens (including phenoxy) is 1. The Hall–Kier alpha value is -1.38. The highest BCUT2D eigenvalue weighted by Gasteiger charge is 2.12. The summed E-state index contributed by atoms with van der Waals surface area (Å²) < 4.78 is 26.0. The van der Waals surface area contributed by atoms with Crippen LogP contribution in [0.4, 0.5) is 11.4 Å². The molecule has 0 amide bonds. The molecule has 0 saturated heterocycles. The zero-order valence-corrected chi connectivity index (χ0v) is 14.4. The van der Waals surface area contributed by atoms with Crippen molar-refractivity contribution < 1.29 is 18.3 Å². The number of hydrogen-bond acceptors (Lipinski definition) is 6. The predicted octanol–water partition coefficient (Wildman–Crippen LogP) is 2.02. The quantitative estimate of drug-likeness (QED) is 0.422. The van der Waals surface area contributed by atoms with Gasteiger partial charge in [0.2, 0.25) is 0 Å². The van der Waals surface area contributed by atoms with Crippen LogP contribution in [0.25, 0.3) is 0 Å². The van der Waals surface area contributed by atoms with Gasteiger partial charge in [0.15, 0.2) is 8.77 Å². The van der Waals surface area contributed by atoms with Crippen LogP contribution in [0.1, 0.15) is 26.2 Å². The number of anilines is 2. The van der Waals surface area contributed by atoms with E-state index in [4.69, 9.17) is 10.5 Å². The van der Waals surface area contributed by atoms with Crippen LogP contribution >= 0.6 is 0 Å². The molecule has 0 aliphatic heterocycles. The van der Waals surface area contributed by atoms with Gasteiger partial charge >= 0.3 is 5.97 Å². The minimum absolute atomic E-state index is 0.0679. The van der Waals surface area contributed by atoms with Crippen molar-refractivity contribution in [3.05, 3.63) is 18.2 Å². The van der Waals surface area contributed by atoms with Crippen LogP contribution in [0.3, 0.4) is 0 Å². The molecule has 1 rings (SSSR count). The normalized spacial score (nSPS) is 13.4. The van der Waals surface area contributed by atoms with E-state index >= 15 is 0 Å². The highest BCUT2D eigenvalue weighted by atomic mass is 32.8. The van der Waals surface area contributed by atoms with Gasteiger partial charge in [-0.1, -0.05) is 0 Å². The SMILES string of the molecule is CCOC(=O)CCCCN(C)c1ccc(N)c(S(=O)(O)=S)c1. The summed E-state index contributed by atoms with van der Waals surface area (Å²) in [4.78, 5) is 13.2. The van der Waals surface area contributed by atoms with E-state index in [2.05, 4.69) is 11.2 Å². The molecule has 124 valence electrons. The molecule has 0 heterocycles. The van der Waals surface area contributed by atoms with Gasteiger partial charge in [-0.2, -0.15) is 0 Å². The third kappa shape index (κ3) is 5.78. The van der Waals surface area contributed by atoms with Gasteiger partial charge in [-0.25, -0.2) is 4.21 Å². The number of unbranched alkanes of at least 4 members (excludes halogenated alkanes) is 1. The lowest BCUT2D eigenvalue weighted by atomic mass is 10.2. The molecular formula is C14H22N2O4S2. The Morgan fingerprint density at radius 3 is 2.73 bits per heavy atom. The van der Waals surface area contributed by atoms with Gasteiger partial charge < -0.3 is 19.9 Å². The van der Waals surface area contributed by atoms with E-state index in [9.17, 15) is 13.6 Å². The second-order valence-electron chi connectivity index (χ2n) is 4.88. The molecule has 1 atom stereocenters. The number of nitrogens with zero attached hydrogens (tertiary/aromatic N) is 1. The molecule has 0 aliphatic carbocycles. The molecule has 0 bridgehead atoms. The monoisotopic (exact) mass is 346 g/mol. The number of rotatable bonds is 8. The summed E-state index contributed by atoms with van der Waals surface area (Å²) in [6.07, 6.45) is 1.92. The van der Waals surface area contributed by atoms with Crippen LogP contribution in [-0.4, -0.2) is 34.9 Å². The molecule has 0 aliphatic rings. The van der Waals surface area contributed by atoms with Crippen molar-refractivity contribution in [3.63, 3.8) is 0 Å². The Balaban J connectivity index is 2.60. The first-order chi connectivity index (χ1) is 10.3. The zero-order chi connectivity index (χ0) is 16.8. The van der Waals surface area contributed by atoms with E-state index in [0.29, 0.717) is 19.6 Å². The molecule has 0 spiro atoms. The van der Waals surface area contributed by atoms with Crippen molar-refractivity contribution in [1.29, 1.82) is 0 Å². The minimum atomic E-state index is -3.51. The van der Waals surface area contributed by atoms with Crippen LogP contribution < -0.4 is 10.6 Å². The molecule has 0 radical (unpaired) electrons. The second kappa shape index (κ2) is 8.30. The molecule has 8 heteroatoms. The maximum Gasteiger partial charge on any atom is 0.305 e. The van der Waals surface area contributed by atoms with E-state index < -0.39 is 8.77 Å². The van der Waals surface area contributed by atoms with Crippen LogP contribution in [0, 0.1) is 0 Å². The lowest BCUT2D eigenvalue weighted by molar-refractivity contribution is -0.143. The molecule has 3 N–H and O–H groups in total. The van der Waals surface area contributed by atoms with Gasteiger partial charge in [0.1, 0.15) is 0 Å². The average Bonchev–Trinajstić information content (AvgIpc) is 2.43. The summed E-state index contributed by atoms with van der Waals surface area (Å²) in [5.41, 5.74) is 6.65. The first kappa shape index (κ1) is 18.7. The summed E-state index contributed by atoms with van der Waals surface area (Å²) in [5, 5.41) is 0. The predicted molar refractivity (Wildman–Crippen MR) is 91.0 cm³/mol. The summed E-state index contributed by atoms with van der Waals surface area (Å²) in [6, 6.07) is 4.88. The number of benzene rings is 1. The smallest absolute Gasteiger partial charge is 0.305 e. The summed E-state index contributed by atoms with van der Waals surface area (Å²) in [6.45, 7) is 2.88. The van der Waals surface area contributed by atoms with E-state index in [1.54, 1.807) is 19.1 Å². The van der Waals surface area contributed by atoms with E-state index in [-0.39, 0.29) is 16.6 Å². The fourth-order valence-corrected chi connectivity index (χ4v) is 3.03. The second-order valence-corrected chi connectivity index (χ2v) is 7.63. The van der Waals surface area contributed by atoms with Crippen molar-refractivity contribution in [1.82, 2.24) is 0 Å². The highest BCUT2D eigenvalue weighted by molar-refractivity contribution is 8.29. The van der Waals surface area contributed by atoms with Gasteiger partial charge in [-0.15, -0.1) is 0 Å². The van der Waals surface area contributed by atoms with E-state index in [1.807, 2.05) is 11.9 Å². The molecule has 0 aromatic heterocycles. The largest absolute Gasteiger partial charge is 0.466 e. The molecule has 1 unspecified atom stereocenters. The third-order valence-electron chi connectivity index (χ3n) is 3.15. The Morgan fingerprint density at radius 2 is 2.14 bits per heavy atom. The Morgan fingerprint density at radius 1 is 1.45 bits per heavy atom. The summed E-state index contributed by atoms with van der Waals surface area (Å²) in [5.74, 6) is -0.189. The zero-order valence-electron chi connectivity index (χ0n) is 12.8. The Kier molecular flexibility index (Phi) is 7.05. The number of carbonyl (C=O) groups is 1. The lowest BCUT2D eigenvalue weighted by Gasteiger charge is -2.20. The molecule has 6 nitrogen and oxygen atoms in total. The van der Waals surface area contributed by atoms with Crippen molar-refractivity contribution in [3.8, 4) is 0 Å². The first-order valence-electron chi connectivity index (χ1n) is 6.99. The molecule has 0 saturated carbocycles. The minimum Gasteiger partial charge on any atom is -0.466 e. The Bertz CT molecular complexity index is 617. The van der Waals surface area contributed by atoms with Crippen LogP contribution in [0.15, 0.2) is 23.1 Å². The fraction of sp³-hybridized carbons (Fsp3) is 0.500. The van der Waals surface area contributed by atoms with Crippen LogP contribution in [-0.2, 0) is 29.5 Å². The van der Waals surface area contributed by atoms with Gasteiger partial charge in [-0.05, 0) is 38.0 Å². The van der Waals surface area contributed by atoms with E-state index in [0.717, 1.165) is 18.5 Å². The lowest BCUT2D eigenvalue weighted by Crippen LogP contribution is -2.19. The maximum atomic E-state index is 11.6. The van der Waals surface area contributed by atoms with Gasteiger partial charge in [0, 0.05) is 36.9 Å². The summed E-state index contributed by atoms with van der Waals surface area (Å²) in [7, 11) is -1.65. The van der Waals surface area contributed by atoms with Crippen LogP contribution in [0.5, 0.6) is 0 Å². The molecule has 0 fully saturated rings. The number of esters is 1. The molecule has 1 aromatic carbocycles. The van der Waals surface area contributed by atoms with Gasteiger partial charge in [-0.3, -0.25) is 4.79 Å². The van der Waals surface area contributed by atoms with Crippen molar-refractivity contribution in [2.75, 3.05) is 30.8 Å². The standard InChI is InChI=1S/C14H22N2O4S2/c1-3-20-14(17)6-4-5-9-16(2)11-7-8-12(15)13(10-11)22(18,19)21/h7-8,10H,3-6,9,15H2,1-2H3,(H,18,19,21). The van der Waals surface area contributed by atoms with Gasteiger partial charge in [0.05, 0.1) is 17.2 Å². The van der Waals surface area contributed by atoms with Crippen LogP contribution in [0.2, 0.25) is 0 Å². The number of carbonyl (C=O) groups excluding carboxylic acids is 1. The number of nitrogens with two attached hydrogens (primary N) is 1. The fourth-order valence-electron chi connectivity index (χ4n) is 1.96. The third-order valence-corrected chi connectivity index (χ3v) is 4.59. The number of nitrogen functional groups attached to an aromatic ring is 1. The average molecular weight is 346 g/mol. The molecule has 22 heavy (non-hydrogen) atoms. The van der Waals surface area contributed by atoms with Crippen molar-refractivity contribution in [2.45, 2.75) is 31.1 Å². The topological polar surface area (TPSA) is 92.9 Å².